The summed E-state index contributed by atoms with van der Waals surface area (Å²) in [6.07, 6.45) is 0. The van der Waals surface area contributed by atoms with Crippen molar-refractivity contribution in [1.29, 1.82) is 0 Å². The highest BCUT2D eigenvalue weighted by atomic mass is 15.0. The van der Waals surface area contributed by atoms with Crippen molar-refractivity contribution in [3.63, 3.8) is 0 Å². The van der Waals surface area contributed by atoms with Crippen molar-refractivity contribution in [2.75, 3.05) is 0 Å². The molecule has 0 saturated carbocycles. The van der Waals surface area contributed by atoms with E-state index >= 15 is 0 Å². The first kappa shape index (κ1) is 26.4. The first-order valence-electron chi connectivity index (χ1n) is 16.5. The molecular formula is C45H32N2. The smallest absolute Gasteiger partial charge is 0.0622 e. The summed E-state index contributed by atoms with van der Waals surface area (Å²) in [5, 5.41) is 5.10. The minimum absolute atomic E-state index is 0.0793. The highest BCUT2D eigenvalue weighted by Crippen LogP contribution is 2.53. The summed E-state index contributed by atoms with van der Waals surface area (Å²) >= 11 is 0. The Bertz CT molecular complexity index is 2660. The molecule has 0 unspecified atom stereocenters. The number of nitrogens with zero attached hydrogens (tertiary/aromatic N) is 2. The van der Waals surface area contributed by atoms with Crippen LogP contribution in [0.25, 0.3) is 77.2 Å². The monoisotopic (exact) mass is 600 g/mol. The zero-order valence-corrected chi connectivity index (χ0v) is 26.4. The van der Waals surface area contributed by atoms with Gasteiger partial charge in [0.25, 0.3) is 0 Å². The summed E-state index contributed by atoms with van der Waals surface area (Å²) < 4.78 is 4.98. The van der Waals surface area contributed by atoms with Gasteiger partial charge in [-0.1, -0.05) is 141 Å². The molecule has 0 saturated heterocycles. The van der Waals surface area contributed by atoms with Crippen LogP contribution < -0.4 is 0 Å². The Morgan fingerprint density at radius 1 is 0.362 bits per heavy atom. The molecule has 2 aromatic heterocycles. The summed E-state index contributed by atoms with van der Waals surface area (Å²) in [7, 11) is 0. The SMILES string of the molecule is CC1(C)c2ccccc2-c2c1ccc1c3ccccc3n(-c3ccccc3-c3ccccc3-n3c4ccccc4c4ccccc43)c21. The number of benzene rings is 7. The van der Waals surface area contributed by atoms with Crippen LogP contribution in [0.1, 0.15) is 25.0 Å². The predicted molar refractivity (Wildman–Crippen MR) is 198 cm³/mol. The molecule has 0 aliphatic heterocycles. The summed E-state index contributed by atoms with van der Waals surface area (Å²) in [5.41, 5.74) is 15.1. The number of para-hydroxylation sites is 5. The van der Waals surface area contributed by atoms with Gasteiger partial charge < -0.3 is 9.13 Å². The Kier molecular flexibility index (Phi) is 5.37. The van der Waals surface area contributed by atoms with Crippen LogP contribution in [0.4, 0.5) is 0 Å². The first-order chi connectivity index (χ1) is 23.1. The van der Waals surface area contributed by atoms with Crippen molar-refractivity contribution in [1.82, 2.24) is 9.13 Å². The zero-order valence-electron chi connectivity index (χ0n) is 26.4. The van der Waals surface area contributed by atoms with Crippen molar-refractivity contribution >= 4 is 43.6 Å². The van der Waals surface area contributed by atoms with Crippen LogP contribution in [0.15, 0.2) is 158 Å². The van der Waals surface area contributed by atoms with Gasteiger partial charge in [0.1, 0.15) is 0 Å². The molecule has 222 valence electrons. The van der Waals surface area contributed by atoms with E-state index in [4.69, 9.17) is 0 Å². The number of rotatable bonds is 3. The Labute approximate surface area is 273 Å². The Morgan fingerprint density at radius 2 is 0.809 bits per heavy atom. The van der Waals surface area contributed by atoms with Crippen LogP contribution in [0, 0.1) is 0 Å². The average Bonchev–Trinajstić information content (AvgIpc) is 3.72. The lowest BCUT2D eigenvalue weighted by atomic mass is 9.82. The van der Waals surface area contributed by atoms with Crippen molar-refractivity contribution in [3.05, 3.63) is 169 Å². The largest absolute Gasteiger partial charge is 0.309 e. The normalized spacial score (nSPS) is 13.5. The van der Waals surface area contributed by atoms with Gasteiger partial charge in [0.2, 0.25) is 0 Å². The van der Waals surface area contributed by atoms with E-state index in [-0.39, 0.29) is 5.41 Å². The van der Waals surface area contributed by atoms with Crippen molar-refractivity contribution in [3.8, 4) is 33.6 Å². The minimum atomic E-state index is -0.0793. The van der Waals surface area contributed by atoms with Gasteiger partial charge in [-0.15, -0.1) is 0 Å². The summed E-state index contributed by atoms with van der Waals surface area (Å²) in [5.74, 6) is 0. The van der Waals surface area contributed by atoms with Gasteiger partial charge in [0.15, 0.2) is 0 Å². The van der Waals surface area contributed by atoms with Gasteiger partial charge in [-0.3, -0.25) is 0 Å². The molecule has 7 aromatic carbocycles. The molecule has 9 aromatic rings. The summed E-state index contributed by atoms with van der Waals surface area (Å²) in [4.78, 5) is 0. The Hall–Kier alpha value is -5.86. The number of fused-ring (bicyclic) bond motifs is 10. The van der Waals surface area contributed by atoms with Gasteiger partial charge in [0.05, 0.1) is 33.4 Å². The molecule has 0 amide bonds. The Morgan fingerprint density at radius 3 is 1.43 bits per heavy atom. The van der Waals surface area contributed by atoms with E-state index in [9.17, 15) is 0 Å². The van der Waals surface area contributed by atoms with Crippen LogP contribution >= 0.6 is 0 Å². The highest BCUT2D eigenvalue weighted by Gasteiger charge is 2.37. The molecule has 47 heavy (non-hydrogen) atoms. The molecule has 1 aliphatic carbocycles. The lowest BCUT2D eigenvalue weighted by Crippen LogP contribution is -2.14. The fraction of sp³-hybridized carbons (Fsp3) is 0.0667. The standard InChI is InChI=1S/C45H32N2/c1-45(2)36-21-9-3-20-35(36)43-37(45)28-27-34-33-19-8-14-26-42(33)47(44(34)43)41-25-13-7-18-32(41)31-17-6-12-24-40(31)46-38-22-10-4-15-29(38)30-16-5-11-23-39(30)46/h3-28H,1-2H3. The van der Waals surface area contributed by atoms with Gasteiger partial charge in [-0.25, -0.2) is 0 Å². The highest BCUT2D eigenvalue weighted by molar-refractivity contribution is 6.16. The minimum Gasteiger partial charge on any atom is -0.309 e. The maximum atomic E-state index is 2.54. The number of hydrogen-bond donors (Lipinski definition) is 0. The third-order valence-corrected chi connectivity index (χ3v) is 10.5. The van der Waals surface area contributed by atoms with Gasteiger partial charge in [-0.05, 0) is 47.0 Å². The zero-order chi connectivity index (χ0) is 31.3. The second-order valence-corrected chi connectivity index (χ2v) is 13.3. The first-order valence-corrected chi connectivity index (χ1v) is 16.5. The third-order valence-electron chi connectivity index (χ3n) is 10.5. The number of hydrogen-bond acceptors (Lipinski definition) is 0. The quantitative estimate of drug-likeness (QED) is 0.191. The molecule has 1 aliphatic rings. The lowest BCUT2D eigenvalue weighted by molar-refractivity contribution is 0.661. The molecule has 10 rings (SSSR count). The van der Waals surface area contributed by atoms with Crippen molar-refractivity contribution < 1.29 is 0 Å². The maximum Gasteiger partial charge on any atom is 0.0622 e. The van der Waals surface area contributed by atoms with E-state index in [1.165, 1.54) is 88.4 Å². The molecule has 2 heteroatoms. The Balaban J connectivity index is 1.33. The van der Waals surface area contributed by atoms with Gasteiger partial charge in [-0.2, -0.15) is 0 Å². The van der Waals surface area contributed by atoms with E-state index in [2.05, 4.69) is 181 Å². The molecule has 0 bridgehead atoms. The molecule has 0 atom stereocenters. The molecule has 0 fully saturated rings. The predicted octanol–water partition coefficient (Wildman–Crippen LogP) is 11.9. The third kappa shape index (κ3) is 3.50. The van der Waals surface area contributed by atoms with E-state index in [1.54, 1.807) is 0 Å². The molecular weight excluding hydrogens is 569 g/mol. The van der Waals surface area contributed by atoms with Crippen LogP contribution in [0.3, 0.4) is 0 Å². The van der Waals surface area contributed by atoms with Gasteiger partial charge in [0, 0.05) is 43.7 Å². The van der Waals surface area contributed by atoms with E-state index in [0.29, 0.717) is 0 Å². The molecule has 0 spiro atoms. The topological polar surface area (TPSA) is 9.86 Å². The summed E-state index contributed by atoms with van der Waals surface area (Å²) in [6, 6.07) is 58.0. The average molecular weight is 601 g/mol. The second kappa shape index (κ2) is 9.57. The second-order valence-electron chi connectivity index (χ2n) is 13.3. The summed E-state index contributed by atoms with van der Waals surface area (Å²) in [6.45, 7) is 4.73. The molecule has 2 nitrogen and oxygen atoms in total. The van der Waals surface area contributed by atoms with Crippen molar-refractivity contribution in [2.24, 2.45) is 0 Å². The van der Waals surface area contributed by atoms with E-state index < -0.39 is 0 Å². The van der Waals surface area contributed by atoms with E-state index in [0.717, 1.165) is 0 Å². The van der Waals surface area contributed by atoms with Crippen LogP contribution in [-0.4, -0.2) is 9.13 Å². The van der Waals surface area contributed by atoms with Crippen molar-refractivity contribution in [2.45, 2.75) is 19.3 Å². The molecule has 0 radical (unpaired) electrons. The fourth-order valence-corrected chi connectivity index (χ4v) is 8.47. The maximum absolute atomic E-state index is 2.54. The van der Waals surface area contributed by atoms with E-state index in [1.807, 2.05) is 0 Å². The van der Waals surface area contributed by atoms with Gasteiger partial charge >= 0.3 is 0 Å². The van der Waals surface area contributed by atoms with Crippen LogP contribution in [0.5, 0.6) is 0 Å². The van der Waals surface area contributed by atoms with Crippen LogP contribution in [0.2, 0.25) is 0 Å². The fourth-order valence-electron chi connectivity index (χ4n) is 8.47. The van der Waals surface area contributed by atoms with Crippen LogP contribution in [-0.2, 0) is 5.41 Å². The molecule has 0 N–H and O–H groups in total. The number of aromatic nitrogens is 2. The lowest BCUT2D eigenvalue weighted by Gasteiger charge is -2.22. The molecule has 2 heterocycles.